The van der Waals surface area contributed by atoms with E-state index in [0.29, 0.717) is 17.5 Å². The topological polar surface area (TPSA) is 62.8 Å². The van der Waals surface area contributed by atoms with E-state index >= 15 is 0 Å². The average molecular weight is 405 g/mol. The SMILES string of the molecule is COc1ccc(C2=CC(=O)N3C=C(NC4CCNCC4)C=C/C3=C\C=C2)cc1OC. The van der Waals surface area contributed by atoms with Gasteiger partial charge in [-0.1, -0.05) is 18.2 Å². The van der Waals surface area contributed by atoms with Gasteiger partial charge in [0.1, 0.15) is 0 Å². The van der Waals surface area contributed by atoms with Gasteiger partial charge in [-0.2, -0.15) is 0 Å². The number of allylic oxidation sites excluding steroid dienone is 6. The molecule has 0 unspecified atom stereocenters. The summed E-state index contributed by atoms with van der Waals surface area (Å²) in [6.07, 6.45) is 15.5. The van der Waals surface area contributed by atoms with Crippen molar-refractivity contribution in [2.45, 2.75) is 18.9 Å². The molecule has 0 aliphatic carbocycles. The van der Waals surface area contributed by atoms with Crippen molar-refractivity contribution in [2.75, 3.05) is 27.3 Å². The van der Waals surface area contributed by atoms with Crippen molar-refractivity contribution in [3.8, 4) is 11.5 Å². The van der Waals surface area contributed by atoms with Crippen LogP contribution in [-0.4, -0.2) is 44.2 Å². The summed E-state index contributed by atoms with van der Waals surface area (Å²) < 4.78 is 10.7. The summed E-state index contributed by atoms with van der Waals surface area (Å²) in [5.41, 5.74) is 3.50. The molecule has 1 aromatic carbocycles. The predicted molar refractivity (Wildman–Crippen MR) is 118 cm³/mol. The number of benzene rings is 1. The lowest BCUT2D eigenvalue weighted by atomic mass is 10.0. The molecule has 3 aliphatic rings. The minimum Gasteiger partial charge on any atom is -0.493 e. The second kappa shape index (κ2) is 9.05. The number of nitrogens with zero attached hydrogens (tertiary/aromatic N) is 1. The summed E-state index contributed by atoms with van der Waals surface area (Å²) in [6, 6.07) is 6.07. The molecule has 2 N–H and O–H groups in total. The van der Waals surface area contributed by atoms with Gasteiger partial charge in [0, 0.05) is 24.0 Å². The number of piperidine rings is 1. The fraction of sp³-hybridized carbons (Fsp3) is 0.292. The Bertz CT molecular complexity index is 966. The minimum absolute atomic E-state index is 0.0932. The van der Waals surface area contributed by atoms with Gasteiger partial charge in [-0.05, 0) is 67.4 Å². The summed E-state index contributed by atoms with van der Waals surface area (Å²) in [5, 5.41) is 6.93. The van der Waals surface area contributed by atoms with Crippen molar-refractivity contribution in [1.82, 2.24) is 15.5 Å². The summed E-state index contributed by atoms with van der Waals surface area (Å²) >= 11 is 0. The predicted octanol–water partition coefficient (Wildman–Crippen LogP) is 3.12. The summed E-state index contributed by atoms with van der Waals surface area (Å²) in [5.74, 6) is 1.19. The van der Waals surface area contributed by atoms with E-state index in [2.05, 4.69) is 10.6 Å². The first-order valence-corrected chi connectivity index (χ1v) is 10.2. The fourth-order valence-electron chi connectivity index (χ4n) is 3.82. The van der Waals surface area contributed by atoms with Gasteiger partial charge in [0.25, 0.3) is 5.91 Å². The Labute approximate surface area is 177 Å². The highest BCUT2D eigenvalue weighted by Gasteiger charge is 2.20. The molecule has 3 heterocycles. The molecule has 1 saturated heterocycles. The zero-order valence-electron chi connectivity index (χ0n) is 17.4. The lowest BCUT2D eigenvalue weighted by Gasteiger charge is -2.29. The van der Waals surface area contributed by atoms with E-state index in [1.54, 1.807) is 25.2 Å². The van der Waals surface area contributed by atoms with E-state index in [1.165, 1.54) is 0 Å². The van der Waals surface area contributed by atoms with E-state index in [-0.39, 0.29) is 5.91 Å². The van der Waals surface area contributed by atoms with Gasteiger partial charge in [-0.3, -0.25) is 9.69 Å². The van der Waals surface area contributed by atoms with E-state index < -0.39 is 0 Å². The number of nitrogens with one attached hydrogen (secondary N) is 2. The van der Waals surface area contributed by atoms with Crippen molar-refractivity contribution < 1.29 is 14.3 Å². The smallest absolute Gasteiger partial charge is 0.255 e. The third-order valence-corrected chi connectivity index (χ3v) is 5.47. The second-order valence-corrected chi connectivity index (χ2v) is 7.41. The quantitative estimate of drug-likeness (QED) is 0.788. The van der Waals surface area contributed by atoms with Crippen LogP contribution in [0.4, 0.5) is 0 Å². The number of hydrogen-bond acceptors (Lipinski definition) is 5. The molecule has 1 amide bonds. The molecule has 6 nitrogen and oxygen atoms in total. The largest absolute Gasteiger partial charge is 0.493 e. The molecule has 6 heteroatoms. The van der Waals surface area contributed by atoms with E-state index in [1.807, 2.05) is 54.8 Å². The fourth-order valence-corrected chi connectivity index (χ4v) is 3.82. The van der Waals surface area contributed by atoms with Crippen LogP contribution in [0.1, 0.15) is 18.4 Å². The van der Waals surface area contributed by atoms with Crippen LogP contribution in [0.25, 0.3) is 5.57 Å². The molecule has 0 aromatic heterocycles. The molecule has 4 rings (SSSR count). The third-order valence-electron chi connectivity index (χ3n) is 5.47. The standard InChI is InChI=1S/C24H27N3O3/c1-29-22-9-6-18(14-23(22)30-2)17-4-3-5-21-8-7-20(16-27(21)24(28)15-17)26-19-10-12-25-13-11-19/h3-9,14-16,19,25-26H,10-13H2,1-2H3/b4-3?,17-15?,21-5+. The number of fused-ring (bicyclic) bond motifs is 1. The third kappa shape index (κ3) is 4.33. The number of amides is 1. The van der Waals surface area contributed by atoms with Gasteiger partial charge in [0.2, 0.25) is 0 Å². The van der Waals surface area contributed by atoms with Crippen LogP contribution in [-0.2, 0) is 4.79 Å². The van der Waals surface area contributed by atoms with Crippen molar-refractivity contribution in [3.05, 3.63) is 77.8 Å². The van der Waals surface area contributed by atoms with Crippen LogP contribution in [0.15, 0.2) is 72.2 Å². The molecular weight excluding hydrogens is 378 g/mol. The zero-order chi connectivity index (χ0) is 20.9. The van der Waals surface area contributed by atoms with E-state index in [0.717, 1.165) is 48.5 Å². The number of ether oxygens (including phenoxy) is 2. The van der Waals surface area contributed by atoms with E-state index in [4.69, 9.17) is 9.47 Å². The Morgan fingerprint density at radius 3 is 2.63 bits per heavy atom. The van der Waals surface area contributed by atoms with Crippen LogP contribution in [0.3, 0.4) is 0 Å². The Morgan fingerprint density at radius 2 is 1.87 bits per heavy atom. The Balaban J connectivity index is 1.59. The lowest BCUT2D eigenvalue weighted by molar-refractivity contribution is -0.122. The minimum atomic E-state index is -0.0932. The Morgan fingerprint density at radius 1 is 1.07 bits per heavy atom. The molecule has 30 heavy (non-hydrogen) atoms. The van der Waals surface area contributed by atoms with Gasteiger partial charge in [-0.15, -0.1) is 0 Å². The Kier molecular flexibility index (Phi) is 6.05. The number of carbonyl (C=O) groups is 1. The molecule has 0 spiro atoms. The highest BCUT2D eigenvalue weighted by molar-refractivity contribution is 6.00. The molecule has 0 atom stereocenters. The van der Waals surface area contributed by atoms with Crippen molar-refractivity contribution in [1.29, 1.82) is 0 Å². The van der Waals surface area contributed by atoms with Gasteiger partial charge in [0.15, 0.2) is 11.5 Å². The average Bonchev–Trinajstić information content (AvgIpc) is 2.78. The summed E-state index contributed by atoms with van der Waals surface area (Å²) in [6.45, 7) is 2.04. The van der Waals surface area contributed by atoms with Gasteiger partial charge < -0.3 is 20.1 Å². The van der Waals surface area contributed by atoms with Gasteiger partial charge >= 0.3 is 0 Å². The van der Waals surface area contributed by atoms with Crippen LogP contribution < -0.4 is 20.1 Å². The molecule has 3 aliphatic heterocycles. The van der Waals surface area contributed by atoms with Crippen molar-refractivity contribution in [2.24, 2.45) is 0 Å². The highest BCUT2D eigenvalue weighted by atomic mass is 16.5. The van der Waals surface area contributed by atoms with Crippen molar-refractivity contribution in [3.63, 3.8) is 0 Å². The number of methoxy groups -OCH3 is 2. The molecule has 1 fully saturated rings. The molecule has 156 valence electrons. The van der Waals surface area contributed by atoms with Crippen LogP contribution in [0.5, 0.6) is 11.5 Å². The van der Waals surface area contributed by atoms with Gasteiger partial charge in [0.05, 0.1) is 19.9 Å². The maximum Gasteiger partial charge on any atom is 0.255 e. The molecular formula is C24H27N3O3. The number of rotatable bonds is 5. The van der Waals surface area contributed by atoms with E-state index in [9.17, 15) is 4.79 Å². The maximum absolute atomic E-state index is 13.1. The maximum atomic E-state index is 13.1. The first-order valence-electron chi connectivity index (χ1n) is 10.2. The number of carbonyl (C=O) groups excluding carboxylic acids is 1. The summed E-state index contributed by atoms with van der Waals surface area (Å²) in [7, 11) is 3.21. The second-order valence-electron chi connectivity index (χ2n) is 7.41. The zero-order valence-corrected chi connectivity index (χ0v) is 17.4. The molecule has 1 aromatic rings. The monoisotopic (exact) mass is 405 g/mol. The van der Waals surface area contributed by atoms with Crippen LogP contribution in [0.2, 0.25) is 0 Å². The Hall–Kier alpha value is -3.25. The number of hydrogen-bond donors (Lipinski definition) is 2. The molecule has 0 bridgehead atoms. The normalized spacial score (nSPS) is 20.9. The first kappa shape index (κ1) is 20.0. The molecule has 0 saturated carbocycles. The van der Waals surface area contributed by atoms with Gasteiger partial charge in [-0.25, -0.2) is 0 Å². The van der Waals surface area contributed by atoms with Crippen LogP contribution in [0, 0.1) is 0 Å². The van der Waals surface area contributed by atoms with Crippen LogP contribution >= 0.6 is 0 Å². The highest BCUT2D eigenvalue weighted by Crippen LogP contribution is 2.31. The molecule has 0 radical (unpaired) electrons. The first-order chi connectivity index (χ1) is 14.7. The van der Waals surface area contributed by atoms with Crippen molar-refractivity contribution >= 4 is 11.5 Å². The lowest BCUT2D eigenvalue weighted by Crippen LogP contribution is -2.40. The summed E-state index contributed by atoms with van der Waals surface area (Å²) in [4.78, 5) is 14.8.